The van der Waals surface area contributed by atoms with E-state index in [4.69, 9.17) is 21.3 Å². The van der Waals surface area contributed by atoms with Gasteiger partial charge in [0.15, 0.2) is 5.78 Å². The second kappa shape index (κ2) is 9.66. The first-order chi connectivity index (χ1) is 15.6. The quantitative estimate of drug-likeness (QED) is 0.402. The lowest BCUT2D eigenvalue weighted by Gasteiger charge is -2.11. The van der Waals surface area contributed by atoms with Crippen LogP contribution in [0.2, 0.25) is 5.02 Å². The first-order valence-electron chi connectivity index (χ1n) is 10.2. The number of carbonyl (C=O) groups excluding carboxylic acids is 2. The molecule has 0 radical (unpaired) electrons. The lowest BCUT2D eigenvalue weighted by atomic mass is 10.1. The zero-order valence-electron chi connectivity index (χ0n) is 17.5. The molecule has 4 aromatic rings. The standard InChI is InChI=1S/C25H22ClN3O3/c1-32-23-9-5-2-6-19(23)25(31)27-15-14-24-28-20-7-3-4-8-21(20)29(24)16-22(30)17-10-12-18(26)13-11-17/h2-13H,14-16H2,1H3,(H,27,31). The van der Waals surface area contributed by atoms with E-state index in [1.165, 1.54) is 7.11 Å². The predicted molar refractivity (Wildman–Crippen MR) is 125 cm³/mol. The number of amides is 1. The molecular formula is C25H22ClN3O3. The Bertz CT molecular complexity index is 1270. The van der Waals surface area contributed by atoms with Crippen molar-refractivity contribution in [2.75, 3.05) is 13.7 Å². The summed E-state index contributed by atoms with van der Waals surface area (Å²) in [7, 11) is 1.53. The number of methoxy groups -OCH3 is 1. The van der Waals surface area contributed by atoms with Crippen LogP contribution >= 0.6 is 11.6 Å². The largest absolute Gasteiger partial charge is 0.496 e. The van der Waals surface area contributed by atoms with Gasteiger partial charge in [0.2, 0.25) is 0 Å². The van der Waals surface area contributed by atoms with Gasteiger partial charge in [-0.2, -0.15) is 0 Å². The van der Waals surface area contributed by atoms with Gasteiger partial charge in [0, 0.05) is 23.6 Å². The van der Waals surface area contributed by atoms with Crippen molar-refractivity contribution in [3.63, 3.8) is 0 Å². The number of ketones is 1. The third-order valence-corrected chi connectivity index (χ3v) is 5.44. The second-order valence-corrected chi connectivity index (χ2v) is 7.68. The number of ether oxygens (including phenoxy) is 1. The van der Waals surface area contributed by atoms with Crippen molar-refractivity contribution >= 4 is 34.3 Å². The summed E-state index contributed by atoms with van der Waals surface area (Å²) in [6, 6.07) is 21.6. The highest BCUT2D eigenvalue weighted by molar-refractivity contribution is 6.30. The zero-order chi connectivity index (χ0) is 22.5. The highest BCUT2D eigenvalue weighted by Gasteiger charge is 2.16. The fourth-order valence-corrected chi connectivity index (χ4v) is 3.70. The average Bonchev–Trinajstić information content (AvgIpc) is 3.16. The first kappa shape index (κ1) is 21.6. The number of nitrogens with one attached hydrogen (secondary N) is 1. The zero-order valence-corrected chi connectivity index (χ0v) is 18.3. The van der Waals surface area contributed by atoms with Crippen LogP contribution in [0.15, 0.2) is 72.8 Å². The number of Topliss-reactive ketones (excluding diaryl/α,β-unsaturated/α-hetero) is 1. The number of carbonyl (C=O) groups is 2. The SMILES string of the molecule is COc1ccccc1C(=O)NCCc1nc2ccccc2n1CC(=O)c1ccc(Cl)cc1. The molecule has 1 amide bonds. The van der Waals surface area contributed by atoms with Crippen LogP contribution in [-0.2, 0) is 13.0 Å². The van der Waals surface area contributed by atoms with Gasteiger partial charge < -0.3 is 14.6 Å². The van der Waals surface area contributed by atoms with Crippen LogP contribution in [0.4, 0.5) is 0 Å². The normalized spacial score (nSPS) is 10.8. The predicted octanol–water partition coefficient (Wildman–Crippen LogP) is 4.55. The third kappa shape index (κ3) is 4.65. The summed E-state index contributed by atoms with van der Waals surface area (Å²) < 4.78 is 7.16. The molecular weight excluding hydrogens is 426 g/mol. The topological polar surface area (TPSA) is 73.2 Å². The number of imidazole rings is 1. The third-order valence-electron chi connectivity index (χ3n) is 5.19. The van der Waals surface area contributed by atoms with Gasteiger partial charge in [-0.1, -0.05) is 35.9 Å². The van der Waals surface area contributed by atoms with Gasteiger partial charge in [0.1, 0.15) is 11.6 Å². The molecule has 1 heterocycles. The van der Waals surface area contributed by atoms with Gasteiger partial charge in [-0.3, -0.25) is 9.59 Å². The smallest absolute Gasteiger partial charge is 0.255 e. The minimum absolute atomic E-state index is 0.0378. The van der Waals surface area contributed by atoms with E-state index in [-0.39, 0.29) is 18.2 Å². The van der Waals surface area contributed by atoms with Crippen LogP contribution in [0.1, 0.15) is 26.5 Å². The number of benzene rings is 3. The number of hydrogen-bond donors (Lipinski definition) is 1. The summed E-state index contributed by atoms with van der Waals surface area (Å²) in [6.45, 7) is 0.521. The van der Waals surface area contributed by atoms with Crippen LogP contribution in [-0.4, -0.2) is 34.9 Å². The molecule has 1 N–H and O–H groups in total. The molecule has 0 aliphatic rings. The van der Waals surface area contributed by atoms with Crippen LogP contribution in [0.5, 0.6) is 5.75 Å². The highest BCUT2D eigenvalue weighted by atomic mass is 35.5. The summed E-state index contributed by atoms with van der Waals surface area (Å²) in [5, 5.41) is 3.50. The van der Waals surface area contributed by atoms with E-state index in [9.17, 15) is 9.59 Å². The van der Waals surface area contributed by atoms with E-state index in [2.05, 4.69) is 5.32 Å². The summed E-state index contributed by atoms with van der Waals surface area (Å²) in [4.78, 5) is 30.2. The van der Waals surface area contributed by atoms with Crippen molar-refractivity contribution < 1.29 is 14.3 Å². The molecule has 0 aliphatic heterocycles. The van der Waals surface area contributed by atoms with Crippen LogP contribution in [0.25, 0.3) is 11.0 Å². The van der Waals surface area contributed by atoms with E-state index in [0.717, 1.165) is 16.9 Å². The number of para-hydroxylation sites is 3. The van der Waals surface area contributed by atoms with Crippen molar-refractivity contribution in [1.82, 2.24) is 14.9 Å². The molecule has 0 bridgehead atoms. The maximum atomic E-state index is 12.9. The number of aromatic nitrogens is 2. The minimum Gasteiger partial charge on any atom is -0.496 e. The van der Waals surface area contributed by atoms with E-state index in [1.54, 1.807) is 42.5 Å². The lowest BCUT2D eigenvalue weighted by Crippen LogP contribution is -2.27. The molecule has 0 aliphatic carbocycles. The molecule has 1 aromatic heterocycles. The van der Waals surface area contributed by atoms with Crippen molar-refractivity contribution in [2.45, 2.75) is 13.0 Å². The summed E-state index contributed by atoms with van der Waals surface area (Å²) in [5.74, 6) is 0.992. The van der Waals surface area contributed by atoms with Gasteiger partial charge in [0.25, 0.3) is 5.91 Å². The Morgan fingerprint density at radius 1 is 1.00 bits per heavy atom. The number of rotatable bonds is 8. The van der Waals surface area contributed by atoms with Gasteiger partial charge in [-0.05, 0) is 48.5 Å². The fraction of sp³-hybridized carbons (Fsp3) is 0.160. The van der Waals surface area contributed by atoms with Gasteiger partial charge in [0.05, 0.1) is 30.3 Å². The van der Waals surface area contributed by atoms with Crippen molar-refractivity contribution in [2.24, 2.45) is 0 Å². The minimum atomic E-state index is -0.220. The number of hydrogen-bond acceptors (Lipinski definition) is 4. The molecule has 32 heavy (non-hydrogen) atoms. The van der Waals surface area contributed by atoms with Gasteiger partial charge >= 0.3 is 0 Å². The van der Waals surface area contributed by atoms with E-state index in [1.807, 2.05) is 34.9 Å². The van der Waals surface area contributed by atoms with Gasteiger partial charge in [-0.25, -0.2) is 4.98 Å². The maximum Gasteiger partial charge on any atom is 0.255 e. The molecule has 4 rings (SSSR count). The Balaban J connectivity index is 1.52. The molecule has 162 valence electrons. The molecule has 6 nitrogen and oxygen atoms in total. The number of halogens is 1. The Morgan fingerprint density at radius 3 is 2.50 bits per heavy atom. The monoisotopic (exact) mass is 447 g/mol. The van der Waals surface area contributed by atoms with Crippen LogP contribution < -0.4 is 10.1 Å². The Hall–Kier alpha value is -3.64. The Morgan fingerprint density at radius 2 is 1.72 bits per heavy atom. The highest BCUT2D eigenvalue weighted by Crippen LogP contribution is 2.19. The molecule has 3 aromatic carbocycles. The number of fused-ring (bicyclic) bond motifs is 1. The Labute approximate surface area is 190 Å². The molecule has 0 saturated heterocycles. The Kier molecular flexibility index (Phi) is 6.52. The molecule has 7 heteroatoms. The molecule has 0 unspecified atom stereocenters. The van der Waals surface area contributed by atoms with Crippen molar-refractivity contribution in [3.05, 3.63) is 94.8 Å². The van der Waals surface area contributed by atoms with Gasteiger partial charge in [-0.15, -0.1) is 0 Å². The van der Waals surface area contributed by atoms with Crippen molar-refractivity contribution in [1.29, 1.82) is 0 Å². The lowest BCUT2D eigenvalue weighted by molar-refractivity contribution is 0.0945. The molecule has 0 fully saturated rings. The van der Waals surface area contributed by atoms with Crippen molar-refractivity contribution in [3.8, 4) is 5.75 Å². The molecule has 0 atom stereocenters. The average molecular weight is 448 g/mol. The van der Waals surface area contributed by atoms with E-state index < -0.39 is 0 Å². The van der Waals surface area contributed by atoms with Crippen LogP contribution in [0.3, 0.4) is 0 Å². The summed E-state index contributed by atoms with van der Waals surface area (Å²) >= 11 is 5.94. The fourth-order valence-electron chi connectivity index (χ4n) is 3.58. The van der Waals surface area contributed by atoms with Crippen LogP contribution in [0, 0.1) is 0 Å². The number of nitrogens with zero attached hydrogens (tertiary/aromatic N) is 2. The maximum absolute atomic E-state index is 12.9. The molecule has 0 saturated carbocycles. The molecule has 0 spiro atoms. The van der Waals surface area contributed by atoms with E-state index >= 15 is 0 Å². The van der Waals surface area contributed by atoms with E-state index in [0.29, 0.717) is 34.9 Å². The second-order valence-electron chi connectivity index (χ2n) is 7.24. The summed E-state index contributed by atoms with van der Waals surface area (Å²) in [6.07, 6.45) is 0.476. The summed E-state index contributed by atoms with van der Waals surface area (Å²) in [5.41, 5.74) is 2.74. The first-order valence-corrected chi connectivity index (χ1v) is 10.6.